The third-order valence-electron chi connectivity index (χ3n) is 4.69. The van der Waals surface area contributed by atoms with Crippen LogP contribution in [-0.4, -0.2) is 77.4 Å². The number of aliphatic hydroxyl groups is 1. The highest BCUT2D eigenvalue weighted by Crippen LogP contribution is 2.29. The highest BCUT2D eigenvalue weighted by Gasteiger charge is 2.39. The molecule has 0 aromatic heterocycles. The van der Waals surface area contributed by atoms with E-state index in [0.29, 0.717) is 6.54 Å². The predicted molar refractivity (Wildman–Crippen MR) is 77.0 cm³/mol. The number of likely N-dealkylation sites (tertiary alicyclic amines) is 2. The van der Waals surface area contributed by atoms with Crippen molar-refractivity contribution in [2.24, 2.45) is 5.41 Å². The fourth-order valence-corrected chi connectivity index (χ4v) is 3.00. The molecule has 0 spiro atoms. The topological polar surface area (TPSA) is 93.1 Å². The number of aliphatic hydroxyl groups excluding tert-OH is 1. The van der Waals surface area contributed by atoms with Crippen molar-refractivity contribution in [1.82, 2.24) is 15.1 Å². The highest BCUT2D eigenvalue weighted by atomic mass is 16.4. The lowest BCUT2D eigenvalue weighted by Crippen LogP contribution is -2.50. The molecule has 2 aliphatic rings. The van der Waals surface area contributed by atoms with E-state index in [2.05, 4.69) is 24.2 Å². The average Bonchev–Trinajstić information content (AvgIpc) is 2.82. The quantitative estimate of drug-likeness (QED) is 0.679. The van der Waals surface area contributed by atoms with Crippen molar-refractivity contribution < 1.29 is 19.8 Å². The van der Waals surface area contributed by atoms with Crippen LogP contribution in [0.5, 0.6) is 0 Å². The van der Waals surface area contributed by atoms with Gasteiger partial charge in [0.15, 0.2) is 0 Å². The summed E-state index contributed by atoms with van der Waals surface area (Å²) in [5.74, 6) is -1.06. The maximum Gasteiger partial charge on any atom is 0.326 e. The smallest absolute Gasteiger partial charge is 0.326 e. The predicted octanol–water partition coefficient (Wildman–Crippen LogP) is -0.0523. The third-order valence-corrected chi connectivity index (χ3v) is 4.69. The van der Waals surface area contributed by atoms with Crippen molar-refractivity contribution in [3.63, 3.8) is 0 Å². The molecule has 2 fully saturated rings. The lowest BCUT2D eigenvalue weighted by Gasteiger charge is -2.38. The van der Waals surface area contributed by atoms with Crippen LogP contribution in [0, 0.1) is 5.41 Å². The van der Waals surface area contributed by atoms with Gasteiger partial charge < -0.3 is 25.3 Å². The molecule has 2 atom stereocenters. The summed E-state index contributed by atoms with van der Waals surface area (Å²) in [7, 11) is 2.08. The second-order valence-electron chi connectivity index (χ2n) is 6.67. The Morgan fingerprint density at radius 3 is 2.52 bits per heavy atom. The number of carboxylic acids is 1. The van der Waals surface area contributed by atoms with Gasteiger partial charge in [-0.2, -0.15) is 0 Å². The molecule has 21 heavy (non-hydrogen) atoms. The number of hydrogen-bond acceptors (Lipinski definition) is 4. The van der Waals surface area contributed by atoms with Crippen molar-refractivity contribution in [2.75, 3.05) is 33.2 Å². The molecule has 120 valence electrons. The zero-order valence-electron chi connectivity index (χ0n) is 12.7. The molecule has 1 unspecified atom stereocenters. The molecule has 2 aliphatic heterocycles. The first-order chi connectivity index (χ1) is 9.81. The summed E-state index contributed by atoms with van der Waals surface area (Å²) in [6.07, 6.45) is 1.37. The van der Waals surface area contributed by atoms with E-state index < -0.39 is 18.1 Å². The molecule has 0 aromatic carbocycles. The molecular weight excluding hydrogens is 274 g/mol. The Morgan fingerprint density at radius 1 is 1.33 bits per heavy atom. The van der Waals surface area contributed by atoms with Crippen LogP contribution in [0.4, 0.5) is 4.79 Å². The van der Waals surface area contributed by atoms with Crippen molar-refractivity contribution in [3.05, 3.63) is 0 Å². The van der Waals surface area contributed by atoms with E-state index in [4.69, 9.17) is 5.11 Å². The number of urea groups is 1. The minimum atomic E-state index is -1.06. The van der Waals surface area contributed by atoms with Crippen LogP contribution in [-0.2, 0) is 4.79 Å². The lowest BCUT2D eigenvalue weighted by atomic mass is 9.80. The number of amides is 2. The van der Waals surface area contributed by atoms with E-state index in [1.165, 1.54) is 4.90 Å². The largest absolute Gasteiger partial charge is 0.480 e. The molecule has 0 aromatic rings. The van der Waals surface area contributed by atoms with E-state index >= 15 is 0 Å². The van der Waals surface area contributed by atoms with Crippen LogP contribution in [0.1, 0.15) is 26.2 Å². The molecule has 2 amide bonds. The maximum atomic E-state index is 12.2. The number of hydrogen-bond donors (Lipinski definition) is 3. The number of carbonyl (C=O) groups is 2. The van der Waals surface area contributed by atoms with Crippen molar-refractivity contribution in [2.45, 2.75) is 38.3 Å². The first-order valence-electron chi connectivity index (χ1n) is 7.45. The lowest BCUT2D eigenvalue weighted by molar-refractivity contribution is -0.141. The summed E-state index contributed by atoms with van der Waals surface area (Å²) in [5, 5.41) is 21.5. The molecule has 3 N–H and O–H groups in total. The zero-order valence-corrected chi connectivity index (χ0v) is 12.7. The van der Waals surface area contributed by atoms with Gasteiger partial charge in [-0.05, 0) is 38.4 Å². The highest BCUT2D eigenvalue weighted by molar-refractivity contribution is 5.83. The molecule has 0 aliphatic carbocycles. The van der Waals surface area contributed by atoms with Gasteiger partial charge in [-0.3, -0.25) is 0 Å². The molecule has 2 rings (SSSR count). The summed E-state index contributed by atoms with van der Waals surface area (Å²) in [6, 6.07) is -1.32. The number of carbonyl (C=O) groups excluding carboxylic acids is 1. The molecule has 2 saturated heterocycles. The van der Waals surface area contributed by atoms with Crippen LogP contribution in [0.25, 0.3) is 0 Å². The summed E-state index contributed by atoms with van der Waals surface area (Å²) < 4.78 is 0. The summed E-state index contributed by atoms with van der Waals surface area (Å²) in [6.45, 7) is 4.79. The van der Waals surface area contributed by atoms with Crippen LogP contribution < -0.4 is 5.32 Å². The van der Waals surface area contributed by atoms with Gasteiger partial charge in [0, 0.05) is 19.5 Å². The molecule has 7 nitrogen and oxygen atoms in total. The summed E-state index contributed by atoms with van der Waals surface area (Å²) in [5.41, 5.74) is 0.0548. The Hall–Kier alpha value is -1.34. The number of aliphatic carboxylic acids is 1. The Balaban J connectivity index is 1.88. The van der Waals surface area contributed by atoms with Crippen LogP contribution in [0.15, 0.2) is 0 Å². The third kappa shape index (κ3) is 3.85. The van der Waals surface area contributed by atoms with E-state index in [-0.39, 0.29) is 24.4 Å². The Labute approximate surface area is 124 Å². The van der Waals surface area contributed by atoms with Crippen molar-refractivity contribution in [3.8, 4) is 0 Å². The summed E-state index contributed by atoms with van der Waals surface area (Å²) >= 11 is 0. The second-order valence-corrected chi connectivity index (χ2v) is 6.67. The van der Waals surface area contributed by atoms with Gasteiger partial charge in [0.25, 0.3) is 0 Å². The maximum absolute atomic E-state index is 12.2. The zero-order chi connectivity index (χ0) is 15.6. The van der Waals surface area contributed by atoms with Gasteiger partial charge in [0.1, 0.15) is 6.04 Å². The summed E-state index contributed by atoms with van der Waals surface area (Å²) in [4.78, 5) is 26.8. The first-order valence-corrected chi connectivity index (χ1v) is 7.45. The molecule has 0 radical (unpaired) electrons. The van der Waals surface area contributed by atoms with Gasteiger partial charge in [0.2, 0.25) is 0 Å². The number of carboxylic acid groups (broad SMARTS) is 1. The number of rotatable bonds is 3. The Kier molecular flexibility index (Phi) is 4.73. The number of nitrogens with one attached hydrogen (secondary N) is 1. The van der Waals surface area contributed by atoms with Crippen molar-refractivity contribution >= 4 is 12.0 Å². The minimum Gasteiger partial charge on any atom is -0.480 e. The van der Waals surface area contributed by atoms with E-state index in [1.54, 1.807) is 0 Å². The van der Waals surface area contributed by atoms with Crippen LogP contribution in [0.3, 0.4) is 0 Å². The average molecular weight is 299 g/mol. The monoisotopic (exact) mass is 299 g/mol. The Bertz CT molecular complexity index is 407. The molecule has 0 saturated carbocycles. The van der Waals surface area contributed by atoms with E-state index in [0.717, 1.165) is 25.9 Å². The van der Waals surface area contributed by atoms with Gasteiger partial charge in [-0.15, -0.1) is 0 Å². The second kappa shape index (κ2) is 6.19. The number of nitrogens with zero attached hydrogens (tertiary/aromatic N) is 2. The van der Waals surface area contributed by atoms with Crippen LogP contribution in [0.2, 0.25) is 0 Å². The van der Waals surface area contributed by atoms with Crippen LogP contribution >= 0.6 is 0 Å². The standard InChI is InChI=1S/C14H25N3O4/c1-14(3-5-16(2)6-4-14)9-15-13(21)17-8-10(18)7-11(17)12(19)20/h10-11,18H,3-9H2,1-2H3,(H,15,21)(H,19,20)/t10?,11-/m0/s1. The van der Waals surface area contributed by atoms with E-state index in [9.17, 15) is 14.7 Å². The first kappa shape index (κ1) is 16.0. The van der Waals surface area contributed by atoms with Gasteiger partial charge in [0.05, 0.1) is 6.10 Å². The SMILES string of the molecule is CN1CCC(C)(CNC(=O)N2CC(O)C[C@H]2C(=O)O)CC1. The molecule has 2 heterocycles. The Morgan fingerprint density at radius 2 is 1.95 bits per heavy atom. The molecule has 0 bridgehead atoms. The number of β-amino-alcohol motifs (C(OH)–C–C–N with tert-alkyl or cyclic N) is 1. The molecular formula is C14H25N3O4. The van der Waals surface area contributed by atoms with Gasteiger partial charge >= 0.3 is 12.0 Å². The fraction of sp³-hybridized carbons (Fsp3) is 0.857. The van der Waals surface area contributed by atoms with Gasteiger partial charge in [-0.1, -0.05) is 6.92 Å². The van der Waals surface area contributed by atoms with Gasteiger partial charge in [-0.25, -0.2) is 9.59 Å². The minimum absolute atomic E-state index is 0.0548. The molecule has 7 heteroatoms. The van der Waals surface area contributed by atoms with E-state index in [1.807, 2.05) is 0 Å². The number of piperidine rings is 1. The normalized spacial score (nSPS) is 29.4. The van der Waals surface area contributed by atoms with Crippen molar-refractivity contribution in [1.29, 1.82) is 0 Å². The fourth-order valence-electron chi connectivity index (χ4n) is 3.00.